The molecule has 1 atom stereocenters. The maximum atomic E-state index is 12.5. The van der Waals surface area contributed by atoms with Gasteiger partial charge in [-0.05, 0) is 49.7 Å². The molecule has 0 bridgehead atoms. The van der Waals surface area contributed by atoms with Gasteiger partial charge < -0.3 is 10.2 Å². The van der Waals surface area contributed by atoms with E-state index in [0.717, 1.165) is 34.6 Å². The van der Waals surface area contributed by atoms with E-state index < -0.39 is 0 Å². The molecule has 1 aliphatic rings. The third-order valence-electron chi connectivity index (χ3n) is 6.47. The van der Waals surface area contributed by atoms with Crippen LogP contribution in [0.2, 0.25) is 0 Å². The van der Waals surface area contributed by atoms with Crippen LogP contribution < -0.4 is 10.2 Å². The van der Waals surface area contributed by atoms with Crippen molar-refractivity contribution in [2.75, 3.05) is 18.5 Å². The third kappa shape index (κ3) is 4.41. The molecule has 0 unspecified atom stereocenters. The highest BCUT2D eigenvalue weighted by Gasteiger charge is 2.26. The van der Waals surface area contributed by atoms with Crippen LogP contribution in [0.15, 0.2) is 55.1 Å². The predicted molar refractivity (Wildman–Crippen MR) is 132 cm³/mol. The number of hydrogen-bond donors (Lipinski definition) is 1. The Labute approximate surface area is 199 Å². The number of aromatic nitrogens is 5. The Morgan fingerprint density at radius 1 is 1.15 bits per heavy atom. The first-order chi connectivity index (χ1) is 16.5. The third-order valence-corrected chi connectivity index (χ3v) is 6.47. The van der Waals surface area contributed by atoms with Crippen molar-refractivity contribution in [1.82, 2.24) is 29.9 Å². The van der Waals surface area contributed by atoms with Crippen LogP contribution in [0.1, 0.15) is 49.7 Å². The van der Waals surface area contributed by atoms with Gasteiger partial charge in [-0.2, -0.15) is 5.10 Å². The fourth-order valence-electron chi connectivity index (χ4n) is 4.44. The molecular formula is C26H29N7O. The monoisotopic (exact) mass is 455 g/mol. The number of carbonyl (C=O) groups excluding carboxylic acids is 1. The van der Waals surface area contributed by atoms with Crippen LogP contribution in [0.3, 0.4) is 0 Å². The summed E-state index contributed by atoms with van der Waals surface area (Å²) in [4.78, 5) is 28.1. The molecule has 8 nitrogen and oxygen atoms in total. The normalized spacial score (nSPS) is 16.5. The molecule has 174 valence electrons. The number of nitrogens with one attached hydrogen (secondary N) is 1. The van der Waals surface area contributed by atoms with E-state index in [1.165, 1.54) is 5.56 Å². The Hall–Kier alpha value is -3.65. The van der Waals surface area contributed by atoms with Crippen molar-refractivity contribution in [2.24, 2.45) is 0 Å². The van der Waals surface area contributed by atoms with E-state index in [1.54, 1.807) is 12.4 Å². The number of anilines is 1. The second-order valence-corrected chi connectivity index (χ2v) is 9.07. The van der Waals surface area contributed by atoms with Gasteiger partial charge in [0.25, 0.3) is 0 Å². The van der Waals surface area contributed by atoms with Gasteiger partial charge in [0, 0.05) is 48.2 Å². The number of carbonyl (C=O) groups is 1. The van der Waals surface area contributed by atoms with E-state index in [9.17, 15) is 4.79 Å². The molecular weight excluding hydrogens is 426 g/mol. The molecule has 4 aromatic heterocycles. The van der Waals surface area contributed by atoms with Gasteiger partial charge in [0.15, 0.2) is 0 Å². The average Bonchev–Trinajstić information content (AvgIpc) is 3.28. The van der Waals surface area contributed by atoms with Crippen molar-refractivity contribution in [3.8, 4) is 11.3 Å². The predicted octanol–water partition coefficient (Wildman–Crippen LogP) is 3.62. The molecule has 0 spiro atoms. The van der Waals surface area contributed by atoms with Crippen LogP contribution in [-0.2, 0) is 11.2 Å². The molecule has 1 amide bonds. The van der Waals surface area contributed by atoms with E-state index in [0.29, 0.717) is 31.1 Å². The summed E-state index contributed by atoms with van der Waals surface area (Å²) in [5.41, 5.74) is 5.93. The van der Waals surface area contributed by atoms with Crippen molar-refractivity contribution in [2.45, 2.75) is 45.1 Å². The second-order valence-electron chi connectivity index (χ2n) is 9.07. The molecule has 1 saturated heterocycles. The quantitative estimate of drug-likeness (QED) is 0.478. The van der Waals surface area contributed by atoms with Crippen molar-refractivity contribution >= 4 is 17.1 Å². The molecule has 8 heteroatoms. The Morgan fingerprint density at radius 3 is 2.76 bits per heavy atom. The zero-order valence-electron chi connectivity index (χ0n) is 19.8. The molecule has 34 heavy (non-hydrogen) atoms. The number of pyridine rings is 2. The smallest absolute Gasteiger partial charge is 0.228 e. The van der Waals surface area contributed by atoms with Crippen LogP contribution in [0.4, 0.5) is 5.69 Å². The van der Waals surface area contributed by atoms with Gasteiger partial charge >= 0.3 is 0 Å². The summed E-state index contributed by atoms with van der Waals surface area (Å²) in [6, 6.07) is 10.3. The molecule has 5 rings (SSSR count). The lowest BCUT2D eigenvalue weighted by molar-refractivity contribution is -0.120. The zero-order valence-corrected chi connectivity index (χ0v) is 19.8. The minimum Gasteiger partial charge on any atom is -0.316 e. The standard InChI is InChI=1S/C26H29N7O/c1-17(2)22-16-30-33-11-7-18(12-24(22)33)23-6-9-28-25(31-23)13-20-4-5-21(15-29-20)32-10-8-19(27-3)14-26(32)34/h4-7,9,11-12,15-17,19,27H,8,10,13-14H2,1-3H3/t19-/m0/s1. The summed E-state index contributed by atoms with van der Waals surface area (Å²) >= 11 is 0. The minimum absolute atomic E-state index is 0.131. The molecule has 0 radical (unpaired) electrons. The topological polar surface area (TPSA) is 88.3 Å². The van der Waals surface area contributed by atoms with Crippen LogP contribution in [0, 0.1) is 0 Å². The highest BCUT2D eigenvalue weighted by molar-refractivity contribution is 5.94. The van der Waals surface area contributed by atoms with E-state index >= 15 is 0 Å². The lowest BCUT2D eigenvalue weighted by Gasteiger charge is -2.31. The molecule has 5 heterocycles. The summed E-state index contributed by atoms with van der Waals surface area (Å²) in [7, 11) is 1.90. The number of hydrogen-bond acceptors (Lipinski definition) is 6. The number of amides is 1. The molecule has 1 fully saturated rings. The fraction of sp³-hybridized carbons (Fsp3) is 0.346. The molecule has 4 aromatic rings. The van der Waals surface area contributed by atoms with Crippen LogP contribution in [0.5, 0.6) is 0 Å². The van der Waals surface area contributed by atoms with Crippen LogP contribution >= 0.6 is 0 Å². The summed E-state index contributed by atoms with van der Waals surface area (Å²) in [5.74, 6) is 1.24. The first kappa shape index (κ1) is 22.2. The number of nitrogens with zero attached hydrogens (tertiary/aromatic N) is 6. The highest BCUT2D eigenvalue weighted by Crippen LogP contribution is 2.25. The Balaban J connectivity index is 1.33. The average molecular weight is 456 g/mol. The number of piperidine rings is 1. The Kier molecular flexibility index (Phi) is 6.06. The maximum absolute atomic E-state index is 12.5. The number of rotatable bonds is 6. The van der Waals surface area contributed by atoms with Crippen molar-refractivity contribution in [3.63, 3.8) is 0 Å². The van der Waals surface area contributed by atoms with Gasteiger partial charge in [-0.15, -0.1) is 0 Å². The summed E-state index contributed by atoms with van der Waals surface area (Å²) in [5, 5.41) is 7.64. The summed E-state index contributed by atoms with van der Waals surface area (Å²) < 4.78 is 1.90. The number of fused-ring (bicyclic) bond motifs is 1. The highest BCUT2D eigenvalue weighted by atomic mass is 16.2. The fourth-order valence-corrected chi connectivity index (χ4v) is 4.44. The first-order valence-corrected chi connectivity index (χ1v) is 11.7. The summed E-state index contributed by atoms with van der Waals surface area (Å²) in [6.07, 6.45) is 9.45. The molecule has 0 aromatic carbocycles. The molecule has 1 aliphatic heterocycles. The minimum atomic E-state index is 0.131. The zero-order chi connectivity index (χ0) is 23.7. The molecule has 0 aliphatic carbocycles. The van der Waals surface area contributed by atoms with E-state index in [2.05, 4.69) is 40.3 Å². The van der Waals surface area contributed by atoms with Crippen LogP contribution in [0.25, 0.3) is 16.8 Å². The van der Waals surface area contributed by atoms with E-state index in [1.807, 2.05) is 53.1 Å². The van der Waals surface area contributed by atoms with E-state index in [-0.39, 0.29) is 11.9 Å². The SMILES string of the molecule is CN[C@H]1CCN(c2ccc(Cc3nccc(-c4ccn5ncc(C(C)C)c5c4)n3)nc2)C(=O)C1. The lowest BCUT2D eigenvalue weighted by Crippen LogP contribution is -2.45. The first-order valence-electron chi connectivity index (χ1n) is 11.7. The maximum Gasteiger partial charge on any atom is 0.228 e. The molecule has 0 saturated carbocycles. The Morgan fingerprint density at radius 2 is 2.03 bits per heavy atom. The van der Waals surface area contributed by atoms with Gasteiger partial charge in [0.05, 0.1) is 35.7 Å². The second kappa shape index (κ2) is 9.30. The summed E-state index contributed by atoms with van der Waals surface area (Å²) in [6.45, 7) is 5.05. The van der Waals surface area contributed by atoms with Crippen molar-refractivity contribution in [1.29, 1.82) is 0 Å². The van der Waals surface area contributed by atoms with Gasteiger partial charge in [-0.25, -0.2) is 14.5 Å². The Bertz CT molecular complexity index is 1310. The van der Waals surface area contributed by atoms with Gasteiger partial charge in [0.1, 0.15) is 5.82 Å². The van der Waals surface area contributed by atoms with Gasteiger partial charge in [-0.1, -0.05) is 13.8 Å². The van der Waals surface area contributed by atoms with E-state index in [4.69, 9.17) is 4.98 Å². The van der Waals surface area contributed by atoms with Crippen LogP contribution in [-0.4, -0.2) is 50.1 Å². The molecule has 1 N–H and O–H groups in total. The van der Waals surface area contributed by atoms with Crippen molar-refractivity contribution in [3.05, 3.63) is 72.2 Å². The lowest BCUT2D eigenvalue weighted by atomic mass is 10.0. The van der Waals surface area contributed by atoms with Crippen molar-refractivity contribution < 1.29 is 4.79 Å². The largest absolute Gasteiger partial charge is 0.316 e. The van der Waals surface area contributed by atoms with Gasteiger partial charge in [-0.3, -0.25) is 9.78 Å². The van der Waals surface area contributed by atoms with Gasteiger partial charge in [0.2, 0.25) is 5.91 Å².